The van der Waals surface area contributed by atoms with Gasteiger partial charge in [-0.2, -0.15) is 59.7 Å². The molecule has 0 atom stereocenters. The van der Waals surface area contributed by atoms with Crippen LogP contribution in [0, 0.1) is 54.0 Å². The molecule has 0 aromatic heterocycles. The molecule has 18 heteroatoms. The standard InChI is InChI=1S/C19H12N2O5.C18H19NO2.2C14H6O2.CH4.4CH3.4Y/c1-20-16(23)11-5-3-9(7-13(11)18(20)25)15(22)10-4-6-12-14(8-10)19(26)21(2)17(12)24;1-3-19(4-2)18(21)16-13-9-8-12-15(16)17(20)14-10-6-5-7-11-14;2*15-13-9-5-1-2-6-10(9)14(16)12-8-4-3-7-11(12)13;;;;;;;;;/h3-8H,1-2H3;5-13H,3-4H2,1-2H3;1,4-8H;1-6H;1H4;4*1H3;;;;/q;;2*-2;;4*-1;;;;. The third-order valence-electron chi connectivity index (χ3n) is 13.6. The van der Waals surface area contributed by atoms with Crippen molar-refractivity contribution >= 4 is 64.2 Å². The Morgan fingerprint density at radius 2 is 0.750 bits per heavy atom. The molecule has 2 aliphatic heterocycles. The molecule has 0 spiro atoms. The van der Waals surface area contributed by atoms with E-state index < -0.39 is 29.4 Å². The molecule has 440 valence electrons. The van der Waals surface area contributed by atoms with E-state index >= 15 is 0 Å². The molecule has 0 bridgehead atoms. The van der Waals surface area contributed by atoms with E-state index in [1.54, 1.807) is 114 Å². The van der Waals surface area contributed by atoms with E-state index in [4.69, 9.17) is 0 Å². The summed E-state index contributed by atoms with van der Waals surface area (Å²) in [4.78, 5) is 138. The molecule has 5 amide bonds. The second-order valence-electron chi connectivity index (χ2n) is 18.1. The van der Waals surface area contributed by atoms with Crippen LogP contribution >= 0.6 is 0 Å². The summed E-state index contributed by atoms with van der Waals surface area (Å²) in [5, 5.41) is 0. The fourth-order valence-corrected chi connectivity index (χ4v) is 9.29. The minimum absolute atomic E-state index is 0. The summed E-state index contributed by atoms with van der Waals surface area (Å²) in [7, 11) is 2.76. The van der Waals surface area contributed by atoms with E-state index in [9.17, 15) is 52.7 Å². The maximum atomic E-state index is 12.8. The SMILES string of the molecule is C.CCN(CC)C(=O)c1ccccc1C(=O)c1ccccc1.CN1C(=O)c2ccc(C(=O)c3ccc4c(c3)C(=O)N(C)C4=O)cc2C1=O.O=C1c2[c-]cc[c-]c2C(=O)c2ccccc21.O=C1c2c[c-]ccc2C(=O)c2c[c-]ccc21.[CH3-].[CH3-].[CH3-].[CH3-].[Y].[Y].[Y].[Y]. The molecule has 12 rings (SSSR count). The van der Waals surface area contributed by atoms with Crippen molar-refractivity contribution in [3.63, 3.8) is 0 Å². The van der Waals surface area contributed by atoms with Gasteiger partial charge in [0.15, 0.2) is 11.6 Å². The monoisotopic (exact) mass is 1470 g/mol. The van der Waals surface area contributed by atoms with Gasteiger partial charge in [-0.1, -0.05) is 115 Å². The Hall–Kier alpha value is -6.05. The molecule has 2 heterocycles. The van der Waals surface area contributed by atoms with Crippen LogP contribution in [0.5, 0.6) is 0 Å². The van der Waals surface area contributed by atoms with Crippen LogP contribution in [0.3, 0.4) is 0 Å². The third-order valence-corrected chi connectivity index (χ3v) is 13.6. The van der Waals surface area contributed by atoms with E-state index in [0.717, 1.165) is 9.80 Å². The molecular formula is C70H59N3O11Y4-8. The van der Waals surface area contributed by atoms with Gasteiger partial charge >= 0.3 is 0 Å². The number of amides is 5. The van der Waals surface area contributed by atoms with Gasteiger partial charge in [-0.15, -0.1) is 0 Å². The first kappa shape index (κ1) is 81.9. The zero-order valence-electron chi connectivity index (χ0n) is 49.1. The molecule has 8 aromatic carbocycles. The van der Waals surface area contributed by atoms with Gasteiger partial charge in [-0.05, 0) is 55.3 Å². The Morgan fingerprint density at radius 3 is 1.16 bits per heavy atom. The molecule has 0 N–H and O–H groups in total. The minimum atomic E-state index is -0.462. The van der Waals surface area contributed by atoms with Gasteiger partial charge in [0.05, 0.1) is 39.4 Å². The van der Waals surface area contributed by atoms with Crippen LogP contribution in [0.2, 0.25) is 0 Å². The largest absolute Gasteiger partial charge is 0.358 e. The molecule has 88 heavy (non-hydrogen) atoms. The molecule has 14 nitrogen and oxygen atoms in total. The summed E-state index contributed by atoms with van der Waals surface area (Å²) in [6.07, 6.45) is 0. The summed E-state index contributed by atoms with van der Waals surface area (Å²) >= 11 is 0. The quantitative estimate of drug-likeness (QED) is 0.0836. The molecule has 8 aromatic rings. The molecule has 0 fully saturated rings. The number of imide groups is 2. The van der Waals surface area contributed by atoms with E-state index in [-0.39, 0.29) is 236 Å². The fourth-order valence-electron chi connectivity index (χ4n) is 9.29. The number of hydrogen-bond acceptors (Lipinski definition) is 11. The number of benzene rings is 8. The molecule has 0 saturated carbocycles. The molecule has 0 unspecified atom stereocenters. The minimum Gasteiger partial charge on any atom is -0.358 e. The number of carbonyl (C=O) groups excluding carboxylic acids is 11. The van der Waals surface area contributed by atoms with Crippen LogP contribution in [0.1, 0.15) is 169 Å². The van der Waals surface area contributed by atoms with Gasteiger partial charge in [0.25, 0.3) is 29.5 Å². The molecule has 0 saturated heterocycles. The first-order valence-electron chi connectivity index (χ1n) is 24.7. The van der Waals surface area contributed by atoms with Gasteiger partial charge in [0, 0.05) is 180 Å². The van der Waals surface area contributed by atoms with Crippen molar-refractivity contribution in [2.24, 2.45) is 0 Å². The number of fused-ring (bicyclic) bond motifs is 6. The van der Waals surface area contributed by atoms with Crippen LogP contribution in [-0.2, 0) is 131 Å². The fraction of sp³-hybridized carbons (Fsp3) is 0.100. The predicted molar refractivity (Wildman–Crippen MR) is 320 cm³/mol. The maximum Gasteiger partial charge on any atom is 0.261 e. The van der Waals surface area contributed by atoms with Crippen molar-refractivity contribution in [3.05, 3.63) is 312 Å². The van der Waals surface area contributed by atoms with Gasteiger partial charge in [-0.25, -0.2) is 24.3 Å². The molecule has 4 aliphatic rings. The van der Waals surface area contributed by atoms with Crippen LogP contribution in [0.15, 0.2) is 164 Å². The van der Waals surface area contributed by atoms with Gasteiger partial charge in [-0.3, -0.25) is 43.4 Å². The summed E-state index contributed by atoms with van der Waals surface area (Å²) in [6.45, 7) is 5.12. The van der Waals surface area contributed by atoms with Gasteiger partial charge in [0.1, 0.15) is 11.6 Å². The second-order valence-corrected chi connectivity index (χ2v) is 18.1. The van der Waals surface area contributed by atoms with Crippen molar-refractivity contribution in [2.75, 3.05) is 27.2 Å². The average Bonchev–Trinajstić information content (AvgIpc) is 1.31. The number of rotatable bonds is 7. The number of nitrogens with zero attached hydrogens (tertiary/aromatic N) is 3. The van der Waals surface area contributed by atoms with E-state index in [1.807, 2.05) is 32.0 Å². The first-order valence-corrected chi connectivity index (χ1v) is 24.7. The third kappa shape index (κ3) is 16.3. The van der Waals surface area contributed by atoms with E-state index in [2.05, 4.69) is 24.3 Å². The van der Waals surface area contributed by atoms with Gasteiger partial charge < -0.3 is 53.8 Å². The number of hydrogen-bond donors (Lipinski definition) is 0. The normalized spacial score (nSPS) is 11.9. The van der Waals surface area contributed by atoms with Crippen molar-refractivity contribution < 1.29 is 184 Å². The summed E-state index contributed by atoms with van der Waals surface area (Å²) < 4.78 is 0. The smallest absolute Gasteiger partial charge is 0.261 e. The van der Waals surface area contributed by atoms with Crippen LogP contribution in [-0.4, -0.2) is 106 Å². The Morgan fingerprint density at radius 1 is 0.386 bits per heavy atom. The van der Waals surface area contributed by atoms with Gasteiger partial charge in [0.2, 0.25) is 0 Å². The van der Waals surface area contributed by atoms with Crippen molar-refractivity contribution in [2.45, 2.75) is 21.3 Å². The Kier molecular flexibility index (Phi) is 33.5. The Labute approximate surface area is 615 Å². The Balaban J connectivity index is 0.00000113. The molecule has 4 radical (unpaired) electrons. The zero-order chi connectivity index (χ0) is 56.2. The maximum absolute atomic E-state index is 12.8. The van der Waals surface area contributed by atoms with Crippen molar-refractivity contribution in [1.82, 2.24) is 14.7 Å². The number of carbonyl (C=O) groups is 11. The Bertz CT molecular complexity index is 3550. The number of ketones is 6. The predicted octanol–water partition coefficient (Wildman–Crippen LogP) is 11.3. The summed E-state index contributed by atoms with van der Waals surface area (Å²) in [5.41, 5.74) is 6.18. The zero-order valence-corrected chi connectivity index (χ0v) is 60.5. The van der Waals surface area contributed by atoms with Crippen LogP contribution in [0.4, 0.5) is 0 Å². The van der Waals surface area contributed by atoms with E-state index in [0.29, 0.717) is 74.3 Å². The topological polar surface area (TPSA) is 197 Å². The van der Waals surface area contributed by atoms with Crippen molar-refractivity contribution in [3.8, 4) is 0 Å². The summed E-state index contributed by atoms with van der Waals surface area (Å²) in [5.74, 6) is -2.89. The first-order chi connectivity index (χ1) is 38.1. The van der Waals surface area contributed by atoms with Crippen LogP contribution in [0.25, 0.3) is 0 Å². The van der Waals surface area contributed by atoms with E-state index in [1.165, 1.54) is 50.5 Å². The summed E-state index contributed by atoms with van der Waals surface area (Å²) in [6, 6.07) is 55.6. The van der Waals surface area contributed by atoms with Crippen LogP contribution < -0.4 is 0 Å². The average molecular weight is 1470 g/mol. The van der Waals surface area contributed by atoms with Crippen molar-refractivity contribution in [1.29, 1.82) is 0 Å². The molecule has 2 aliphatic carbocycles. The second kappa shape index (κ2) is 36.0. The molecular weight excluding hydrogens is 1410 g/mol.